The molecule has 14 heavy (non-hydrogen) atoms. The van der Waals surface area contributed by atoms with Crippen molar-refractivity contribution < 1.29 is 14.3 Å². The van der Waals surface area contributed by atoms with E-state index >= 15 is 0 Å². The second-order valence-electron chi connectivity index (χ2n) is 4.64. The first-order chi connectivity index (χ1) is 6.74. The Morgan fingerprint density at radius 1 is 1.43 bits per heavy atom. The molecule has 4 heteroatoms. The van der Waals surface area contributed by atoms with Gasteiger partial charge in [0.1, 0.15) is 0 Å². The van der Waals surface area contributed by atoms with Crippen molar-refractivity contribution in [2.75, 3.05) is 13.7 Å². The minimum absolute atomic E-state index is 0.149. The average molecular weight is 197 g/mol. The molecule has 4 nitrogen and oxygen atoms in total. The number of fused-ring (bicyclic) bond motifs is 2. The van der Waals surface area contributed by atoms with Crippen LogP contribution in [0.15, 0.2) is 0 Å². The van der Waals surface area contributed by atoms with Gasteiger partial charge in [-0.15, -0.1) is 0 Å². The number of hydrogen-bond acceptors (Lipinski definition) is 3. The summed E-state index contributed by atoms with van der Waals surface area (Å²) in [5.41, 5.74) is 0.149. The van der Waals surface area contributed by atoms with Gasteiger partial charge in [-0.1, -0.05) is 0 Å². The summed E-state index contributed by atoms with van der Waals surface area (Å²) in [5, 5.41) is 0. The molecule has 0 radical (unpaired) electrons. The Kier molecular flexibility index (Phi) is 1.60. The highest BCUT2D eigenvalue weighted by Gasteiger charge is 2.57. The highest BCUT2D eigenvalue weighted by Crippen LogP contribution is 2.48. The largest absolute Gasteiger partial charge is 0.453 e. The van der Waals surface area contributed by atoms with E-state index < -0.39 is 0 Å². The van der Waals surface area contributed by atoms with Crippen LogP contribution in [0.5, 0.6) is 0 Å². The molecule has 1 unspecified atom stereocenters. The molecule has 78 valence electrons. The zero-order chi connectivity index (χ0) is 9.76. The summed E-state index contributed by atoms with van der Waals surface area (Å²) in [6.45, 7) is 0.898. The van der Waals surface area contributed by atoms with Crippen LogP contribution in [0.4, 0.5) is 4.79 Å². The Balaban J connectivity index is 1.80. The van der Waals surface area contributed by atoms with Crippen molar-refractivity contribution in [3.63, 3.8) is 0 Å². The smallest absolute Gasteiger partial charge is 0.409 e. The summed E-state index contributed by atoms with van der Waals surface area (Å²) in [6, 6.07) is 0.729. The molecular weight excluding hydrogens is 182 g/mol. The summed E-state index contributed by atoms with van der Waals surface area (Å²) in [4.78, 5) is 13.4. The lowest BCUT2D eigenvalue weighted by molar-refractivity contribution is 0.0604. The molecule has 3 rings (SSSR count). The van der Waals surface area contributed by atoms with Crippen molar-refractivity contribution in [2.45, 2.75) is 43.4 Å². The quantitative estimate of drug-likeness (QED) is 0.547. The predicted molar refractivity (Wildman–Crippen MR) is 49.0 cm³/mol. The minimum atomic E-state index is -0.159. The Hall–Kier alpha value is -0.770. The van der Waals surface area contributed by atoms with Gasteiger partial charge in [-0.3, -0.25) is 0 Å². The van der Waals surface area contributed by atoms with E-state index in [1.54, 1.807) is 0 Å². The zero-order valence-corrected chi connectivity index (χ0v) is 8.36. The topological polar surface area (TPSA) is 42.1 Å². The van der Waals surface area contributed by atoms with Crippen molar-refractivity contribution in [3.8, 4) is 0 Å². The van der Waals surface area contributed by atoms with Gasteiger partial charge < -0.3 is 14.4 Å². The summed E-state index contributed by atoms with van der Waals surface area (Å²) in [7, 11) is 1.46. The lowest BCUT2D eigenvalue weighted by Gasteiger charge is -2.36. The van der Waals surface area contributed by atoms with Crippen LogP contribution in [0.2, 0.25) is 0 Å². The van der Waals surface area contributed by atoms with E-state index in [9.17, 15) is 4.79 Å². The van der Waals surface area contributed by atoms with Crippen LogP contribution in [0.3, 0.4) is 0 Å². The molecule has 3 aliphatic heterocycles. The van der Waals surface area contributed by atoms with Crippen LogP contribution in [-0.2, 0) is 9.47 Å². The molecule has 1 spiro atoms. The van der Waals surface area contributed by atoms with Gasteiger partial charge >= 0.3 is 6.09 Å². The van der Waals surface area contributed by atoms with Crippen molar-refractivity contribution in [2.24, 2.45) is 0 Å². The van der Waals surface area contributed by atoms with Crippen LogP contribution in [0, 0.1) is 0 Å². The fourth-order valence-electron chi connectivity index (χ4n) is 3.05. The number of carbonyl (C=O) groups excluding carboxylic acids is 1. The van der Waals surface area contributed by atoms with E-state index in [2.05, 4.69) is 0 Å². The molecule has 1 amide bonds. The molecule has 0 saturated carbocycles. The summed E-state index contributed by atoms with van der Waals surface area (Å²) < 4.78 is 10.3. The third kappa shape index (κ3) is 1.06. The van der Waals surface area contributed by atoms with E-state index in [1.807, 2.05) is 4.90 Å². The van der Waals surface area contributed by atoms with Gasteiger partial charge in [-0.2, -0.15) is 0 Å². The van der Waals surface area contributed by atoms with Crippen molar-refractivity contribution in [1.82, 2.24) is 4.90 Å². The van der Waals surface area contributed by atoms with Crippen LogP contribution in [0.1, 0.15) is 25.7 Å². The van der Waals surface area contributed by atoms with Gasteiger partial charge in [0.05, 0.1) is 19.3 Å². The fraction of sp³-hybridized carbons (Fsp3) is 0.900. The molecule has 0 aliphatic carbocycles. The van der Waals surface area contributed by atoms with Crippen molar-refractivity contribution in [3.05, 3.63) is 0 Å². The maximum Gasteiger partial charge on any atom is 0.409 e. The second-order valence-corrected chi connectivity index (χ2v) is 4.64. The van der Waals surface area contributed by atoms with Gasteiger partial charge in [-0.25, -0.2) is 4.79 Å². The molecule has 3 atom stereocenters. The Morgan fingerprint density at radius 2 is 2.00 bits per heavy atom. The number of piperidine rings is 1. The van der Waals surface area contributed by atoms with Crippen LogP contribution in [-0.4, -0.2) is 42.4 Å². The molecule has 3 fully saturated rings. The van der Waals surface area contributed by atoms with E-state index in [4.69, 9.17) is 9.47 Å². The third-order valence-electron chi connectivity index (χ3n) is 3.77. The first-order valence-electron chi connectivity index (χ1n) is 5.24. The Bertz CT molecular complexity index is 259. The first kappa shape index (κ1) is 8.53. The van der Waals surface area contributed by atoms with Crippen LogP contribution < -0.4 is 0 Å². The number of rotatable bonds is 0. The number of amides is 1. The van der Waals surface area contributed by atoms with E-state index in [1.165, 1.54) is 7.11 Å². The van der Waals surface area contributed by atoms with Gasteiger partial charge in [0.15, 0.2) is 0 Å². The highest BCUT2D eigenvalue weighted by molar-refractivity contribution is 5.69. The number of nitrogens with zero attached hydrogens (tertiary/aromatic N) is 1. The van der Waals surface area contributed by atoms with Gasteiger partial charge in [-0.05, 0) is 25.7 Å². The SMILES string of the molecule is COC(=O)N1[C@@H]2CC[C@H]1CC1(CO1)C2. The average Bonchev–Trinajstić information content (AvgIpc) is 2.87. The number of carbonyl (C=O) groups is 1. The number of epoxide rings is 1. The van der Waals surface area contributed by atoms with Gasteiger partial charge in [0.25, 0.3) is 0 Å². The third-order valence-corrected chi connectivity index (χ3v) is 3.77. The molecule has 3 heterocycles. The van der Waals surface area contributed by atoms with Crippen LogP contribution >= 0.6 is 0 Å². The lowest BCUT2D eigenvalue weighted by Crippen LogP contribution is -2.49. The highest BCUT2D eigenvalue weighted by atomic mass is 16.6. The second kappa shape index (κ2) is 2.63. The first-order valence-corrected chi connectivity index (χ1v) is 5.24. The Morgan fingerprint density at radius 3 is 2.43 bits per heavy atom. The fourth-order valence-corrected chi connectivity index (χ4v) is 3.05. The molecular formula is C10H15NO3. The number of methoxy groups -OCH3 is 1. The standard InChI is InChI=1S/C10H15NO3/c1-13-9(12)11-7-2-3-8(11)5-10(4-7)6-14-10/h7-8H,2-6H2,1H3/t7-,8+,10?. The maximum atomic E-state index is 11.5. The zero-order valence-electron chi connectivity index (χ0n) is 8.36. The van der Waals surface area contributed by atoms with Crippen molar-refractivity contribution >= 4 is 6.09 Å². The van der Waals surface area contributed by atoms with E-state index in [0.29, 0.717) is 12.1 Å². The number of hydrogen-bond donors (Lipinski definition) is 0. The normalized spacial score (nSPS) is 44.2. The van der Waals surface area contributed by atoms with Crippen molar-refractivity contribution in [1.29, 1.82) is 0 Å². The predicted octanol–water partition coefficient (Wildman–Crippen LogP) is 1.15. The Labute approximate surface area is 83.2 Å². The minimum Gasteiger partial charge on any atom is -0.453 e. The summed E-state index contributed by atoms with van der Waals surface area (Å²) in [6.07, 6.45) is 4.10. The molecule has 0 aromatic carbocycles. The molecule has 2 bridgehead atoms. The lowest BCUT2D eigenvalue weighted by atomic mass is 9.91. The van der Waals surface area contributed by atoms with E-state index in [0.717, 1.165) is 32.3 Å². The summed E-state index contributed by atoms with van der Waals surface area (Å²) >= 11 is 0. The van der Waals surface area contributed by atoms with E-state index in [-0.39, 0.29) is 11.7 Å². The summed E-state index contributed by atoms with van der Waals surface area (Å²) in [5.74, 6) is 0. The molecule has 0 aromatic rings. The molecule has 3 aliphatic rings. The van der Waals surface area contributed by atoms with Crippen LogP contribution in [0.25, 0.3) is 0 Å². The molecule has 0 N–H and O–H groups in total. The van der Waals surface area contributed by atoms with Gasteiger partial charge in [0.2, 0.25) is 0 Å². The maximum absolute atomic E-state index is 11.5. The number of ether oxygens (including phenoxy) is 2. The molecule has 0 aromatic heterocycles. The monoisotopic (exact) mass is 197 g/mol. The van der Waals surface area contributed by atoms with Gasteiger partial charge in [0, 0.05) is 12.1 Å². The molecule has 3 saturated heterocycles.